The van der Waals surface area contributed by atoms with Gasteiger partial charge in [0.1, 0.15) is 0 Å². The second kappa shape index (κ2) is 6.57. The lowest BCUT2D eigenvalue weighted by Crippen LogP contribution is -2.26. The monoisotopic (exact) mass is 381 g/mol. The van der Waals surface area contributed by atoms with Crippen LogP contribution in [-0.4, -0.2) is 21.7 Å². The molecule has 3 aromatic rings. The molecule has 6 heteroatoms. The number of para-hydroxylation sites is 2. The van der Waals surface area contributed by atoms with E-state index in [-0.39, 0.29) is 0 Å². The van der Waals surface area contributed by atoms with Crippen LogP contribution in [0.3, 0.4) is 0 Å². The summed E-state index contributed by atoms with van der Waals surface area (Å²) >= 11 is 3.53. The molecule has 24 heavy (non-hydrogen) atoms. The van der Waals surface area contributed by atoms with Gasteiger partial charge in [-0.25, -0.2) is 0 Å². The first-order valence-electron chi connectivity index (χ1n) is 7.88. The zero-order valence-electron chi connectivity index (χ0n) is 13.0. The molecule has 2 aromatic carbocycles. The van der Waals surface area contributed by atoms with Crippen molar-refractivity contribution in [2.45, 2.75) is 12.8 Å². The van der Waals surface area contributed by atoms with Crippen molar-refractivity contribution < 1.29 is 0 Å². The first kappa shape index (κ1) is 15.1. The predicted molar refractivity (Wildman–Crippen MR) is 99.0 cm³/mol. The summed E-state index contributed by atoms with van der Waals surface area (Å²) in [6, 6.07) is 16.3. The van der Waals surface area contributed by atoms with Gasteiger partial charge in [-0.05, 0) is 52.5 Å². The van der Waals surface area contributed by atoms with Gasteiger partial charge < -0.3 is 10.2 Å². The minimum absolute atomic E-state index is 0.624. The molecule has 0 saturated heterocycles. The molecule has 0 fully saturated rings. The minimum atomic E-state index is 0.624. The molecule has 0 atom stereocenters. The topological polar surface area (TPSA) is 53.9 Å². The zero-order valence-corrected chi connectivity index (χ0v) is 14.6. The normalized spacial score (nSPS) is 13.5. The summed E-state index contributed by atoms with van der Waals surface area (Å²) in [6.45, 7) is 0.900. The van der Waals surface area contributed by atoms with Crippen LogP contribution >= 0.6 is 15.9 Å². The van der Waals surface area contributed by atoms with Crippen LogP contribution in [0.4, 0.5) is 23.1 Å². The number of halogens is 1. The molecule has 0 aliphatic carbocycles. The minimum Gasteiger partial charge on any atom is -0.338 e. The Labute approximate surface area is 148 Å². The maximum absolute atomic E-state index is 4.65. The number of aromatic nitrogens is 3. The molecule has 5 nitrogen and oxygen atoms in total. The summed E-state index contributed by atoms with van der Waals surface area (Å²) in [4.78, 5) is 6.79. The Bertz CT molecular complexity index is 867. The van der Waals surface area contributed by atoms with Gasteiger partial charge in [-0.2, -0.15) is 10.1 Å². The van der Waals surface area contributed by atoms with E-state index in [9.17, 15) is 0 Å². The number of hydrogen-bond acceptors (Lipinski definition) is 5. The van der Waals surface area contributed by atoms with Crippen LogP contribution in [0.5, 0.6) is 0 Å². The van der Waals surface area contributed by atoms with Gasteiger partial charge in [-0.15, -0.1) is 5.10 Å². The molecule has 0 bridgehead atoms. The highest BCUT2D eigenvalue weighted by atomic mass is 79.9. The van der Waals surface area contributed by atoms with Crippen LogP contribution in [0.2, 0.25) is 0 Å². The van der Waals surface area contributed by atoms with E-state index in [4.69, 9.17) is 0 Å². The number of aryl methyl sites for hydroxylation is 1. The van der Waals surface area contributed by atoms with Crippen LogP contribution in [-0.2, 0) is 6.42 Å². The Kier molecular flexibility index (Phi) is 4.13. The number of nitrogens with one attached hydrogen (secondary N) is 1. The third kappa shape index (κ3) is 2.97. The van der Waals surface area contributed by atoms with Gasteiger partial charge in [0.05, 0.1) is 11.9 Å². The van der Waals surface area contributed by atoms with Crippen molar-refractivity contribution in [3.05, 3.63) is 64.8 Å². The molecule has 0 radical (unpaired) electrons. The van der Waals surface area contributed by atoms with Crippen LogP contribution in [0.1, 0.15) is 12.0 Å². The molecular weight excluding hydrogens is 366 g/mol. The maximum atomic E-state index is 4.65. The molecule has 0 amide bonds. The Balaban J connectivity index is 1.65. The van der Waals surface area contributed by atoms with Gasteiger partial charge in [0, 0.05) is 16.7 Å². The summed E-state index contributed by atoms with van der Waals surface area (Å²) < 4.78 is 0.980. The molecule has 0 spiro atoms. The Hall–Kier alpha value is -2.47. The first-order chi connectivity index (χ1) is 11.8. The molecule has 1 aliphatic heterocycles. The summed E-state index contributed by atoms with van der Waals surface area (Å²) in [6.07, 6.45) is 3.82. The molecule has 1 aromatic heterocycles. The van der Waals surface area contributed by atoms with Gasteiger partial charge in [-0.1, -0.05) is 30.3 Å². The number of nitrogens with zero attached hydrogens (tertiary/aromatic N) is 4. The highest BCUT2D eigenvalue weighted by molar-refractivity contribution is 9.10. The number of benzene rings is 2. The molecule has 2 heterocycles. The molecule has 4 rings (SSSR count). The Morgan fingerprint density at radius 1 is 1.04 bits per heavy atom. The zero-order chi connectivity index (χ0) is 16.4. The van der Waals surface area contributed by atoms with Crippen molar-refractivity contribution in [2.75, 3.05) is 16.8 Å². The van der Waals surface area contributed by atoms with Crippen molar-refractivity contribution in [1.29, 1.82) is 0 Å². The van der Waals surface area contributed by atoms with E-state index >= 15 is 0 Å². The quantitative estimate of drug-likeness (QED) is 0.725. The Morgan fingerprint density at radius 2 is 1.88 bits per heavy atom. The molecule has 1 N–H and O–H groups in total. The molecule has 0 saturated carbocycles. The lowest BCUT2D eigenvalue weighted by molar-refractivity contribution is 0.742. The van der Waals surface area contributed by atoms with Gasteiger partial charge in [-0.3, -0.25) is 0 Å². The molecular formula is C18H16BrN5. The maximum Gasteiger partial charge on any atom is 0.251 e. The standard InChI is InChI=1S/C18H16BrN5/c19-14-8-2-3-9-15(14)21-17-12-20-23-18(22-17)24-11-5-7-13-6-1-4-10-16(13)24/h1-4,6,8-10,12H,5,7,11H2,(H,21,22,23). The van der Waals surface area contributed by atoms with E-state index in [1.165, 1.54) is 11.3 Å². The van der Waals surface area contributed by atoms with E-state index in [1.807, 2.05) is 30.3 Å². The Morgan fingerprint density at radius 3 is 2.79 bits per heavy atom. The average Bonchev–Trinajstić information content (AvgIpc) is 2.63. The van der Waals surface area contributed by atoms with E-state index in [0.29, 0.717) is 11.8 Å². The van der Waals surface area contributed by atoms with Crippen molar-refractivity contribution in [3.63, 3.8) is 0 Å². The number of fused-ring (bicyclic) bond motifs is 1. The smallest absolute Gasteiger partial charge is 0.251 e. The summed E-state index contributed by atoms with van der Waals surface area (Å²) in [7, 11) is 0. The fourth-order valence-electron chi connectivity index (χ4n) is 2.91. The fraction of sp³-hybridized carbons (Fsp3) is 0.167. The second-order valence-corrected chi connectivity index (χ2v) is 6.48. The molecule has 0 unspecified atom stereocenters. The van der Waals surface area contributed by atoms with Crippen LogP contribution < -0.4 is 10.2 Å². The summed E-state index contributed by atoms with van der Waals surface area (Å²) in [5.41, 5.74) is 3.45. The molecule has 1 aliphatic rings. The number of hydrogen-bond donors (Lipinski definition) is 1. The third-order valence-corrected chi connectivity index (χ3v) is 4.73. The van der Waals surface area contributed by atoms with E-state index in [0.717, 1.165) is 29.5 Å². The predicted octanol–water partition coefficient (Wildman–Crippen LogP) is 4.46. The average molecular weight is 382 g/mol. The van der Waals surface area contributed by atoms with Crippen LogP contribution in [0, 0.1) is 0 Å². The van der Waals surface area contributed by atoms with Crippen LogP contribution in [0.25, 0.3) is 0 Å². The van der Waals surface area contributed by atoms with Crippen molar-refractivity contribution in [3.8, 4) is 0 Å². The fourth-order valence-corrected chi connectivity index (χ4v) is 3.29. The van der Waals surface area contributed by atoms with E-state index in [2.05, 4.69) is 59.5 Å². The number of rotatable bonds is 3. The van der Waals surface area contributed by atoms with Crippen LogP contribution in [0.15, 0.2) is 59.2 Å². The summed E-state index contributed by atoms with van der Waals surface area (Å²) in [5, 5.41) is 11.7. The number of anilines is 4. The second-order valence-electron chi connectivity index (χ2n) is 5.63. The van der Waals surface area contributed by atoms with Crippen molar-refractivity contribution >= 4 is 39.1 Å². The third-order valence-electron chi connectivity index (χ3n) is 4.04. The van der Waals surface area contributed by atoms with Gasteiger partial charge >= 0.3 is 0 Å². The summed E-state index contributed by atoms with van der Waals surface area (Å²) in [5.74, 6) is 1.30. The SMILES string of the molecule is Brc1ccccc1Nc1cnnc(N2CCCc3ccccc32)n1. The lowest BCUT2D eigenvalue weighted by atomic mass is 10.0. The van der Waals surface area contributed by atoms with Gasteiger partial charge in [0.15, 0.2) is 5.82 Å². The lowest BCUT2D eigenvalue weighted by Gasteiger charge is -2.29. The first-order valence-corrected chi connectivity index (χ1v) is 8.67. The highest BCUT2D eigenvalue weighted by Gasteiger charge is 2.20. The van der Waals surface area contributed by atoms with E-state index in [1.54, 1.807) is 6.20 Å². The van der Waals surface area contributed by atoms with E-state index < -0.39 is 0 Å². The largest absolute Gasteiger partial charge is 0.338 e. The van der Waals surface area contributed by atoms with Crippen molar-refractivity contribution in [2.24, 2.45) is 0 Å². The molecule has 120 valence electrons. The van der Waals surface area contributed by atoms with Gasteiger partial charge in [0.25, 0.3) is 5.95 Å². The highest BCUT2D eigenvalue weighted by Crippen LogP contribution is 2.32. The van der Waals surface area contributed by atoms with Gasteiger partial charge in [0.2, 0.25) is 0 Å². The van der Waals surface area contributed by atoms with Crippen molar-refractivity contribution in [1.82, 2.24) is 15.2 Å².